The summed E-state index contributed by atoms with van der Waals surface area (Å²) in [4.78, 5) is 0.797. The van der Waals surface area contributed by atoms with E-state index in [2.05, 4.69) is 15.3 Å². The number of thiophene rings is 1. The van der Waals surface area contributed by atoms with Gasteiger partial charge in [-0.15, -0.1) is 21.5 Å². The molecule has 0 unspecified atom stereocenters. The Morgan fingerprint density at radius 3 is 2.70 bits per heavy atom. The predicted octanol–water partition coefficient (Wildman–Crippen LogP) is 2.12. The Kier molecular flexibility index (Phi) is 3.71. The van der Waals surface area contributed by atoms with Crippen LogP contribution in [0.5, 0.6) is 0 Å². The summed E-state index contributed by atoms with van der Waals surface area (Å²) in [6.45, 7) is 2.94. The Morgan fingerprint density at radius 1 is 1.26 bits per heavy atom. The van der Waals surface area contributed by atoms with Crippen molar-refractivity contribution in [1.82, 2.24) is 24.1 Å². The number of rotatable bonds is 3. The molecule has 122 valence electrons. The second-order valence-electron chi connectivity index (χ2n) is 5.49. The van der Waals surface area contributed by atoms with Gasteiger partial charge in [-0.2, -0.15) is 13.9 Å². The molecule has 3 aromatic heterocycles. The summed E-state index contributed by atoms with van der Waals surface area (Å²) < 4.78 is 28.8. The monoisotopic (exact) mass is 369 g/mol. The van der Waals surface area contributed by atoms with E-state index in [0.717, 1.165) is 28.6 Å². The lowest BCUT2D eigenvalue weighted by atomic mass is 9.99. The molecule has 1 fully saturated rings. The van der Waals surface area contributed by atoms with E-state index < -0.39 is 10.0 Å². The van der Waals surface area contributed by atoms with E-state index >= 15 is 0 Å². The largest absolute Gasteiger partial charge is 0.252 e. The predicted molar refractivity (Wildman–Crippen MR) is 88.4 cm³/mol. The summed E-state index contributed by atoms with van der Waals surface area (Å²) >= 11 is 2.81. The molecule has 4 rings (SSSR count). The molecule has 0 aromatic carbocycles. The Hall–Kier alpha value is -1.36. The van der Waals surface area contributed by atoms with Gasteiger partial charge in [0.1, 0.15) is 9.22 Å². The van der Waals surface area contributed by atoms with Crippen molar-refractivity contribution in [2.24, 2.45) is 0 Å². The van der Waals surface area contributed by atoms with Crippen molar-refractivity contribution in [2.45, 2.75) is 29.9 Å². The summed E-state index contributed by atoms with van der Waals surface area (Å²) in [5, 5.41) is 15.5. The Bertz CT molecular complexity index is 920. The van der Waals surface area contributed by atoms with Crippen LogP contribution in [0.3, 0.4) is 0 Å². The summed E-state index contributed by atoms with van der Waals surface area (Å²) in [7, 11) is -3.34. The molecule has 0 N–H and O–H groups in total. The summed E-state index contributed by atoms with van der Waals surface area (Å²) in [5.74, 6) is 1.07. The van der Waals surface area contributed by atoms with Gasteiger partial charge in [0.05, 0.1) is 0 Å². The summed E-state index contributed by atoms with van der Waals surface area (Å²) in [6.07, 6.45) is 1.57. The highest BCUT2D eigenvalue weighted by molar-refractivity contribution is 7.91. The third-order valence-electron chi connectivity index (χ3n) is 4.05. The van der Waals surface area contributed by atoms with E-state index in [1.807, 2.05) is 6.92 Å². The molecule has 0 aliphatic carbocycles. The molecule has 7 nitrogen and oxygen atoms in total. The van der Waals surface area contributed by atoms with Crippen molar-refractivity contribution in [2.75, 3.05) is 13.1 Å². The van der Waals surface area contributed by atoms with Gasteiger partial charge in [0.2, 0.25) is 4.96 Å². The SMILES string of the molecule is Cc1nnc2sc(C3CCN(S(=O)(=O)c4cccs4)CC3)nn12. The van der Waals surface area contributed by atoms with Crippen LogP contribution < -0.4 is 0 Å². The van der Waals surface area contributed by atoms with Crippen LogP contribution in [0, 0.1) is 6.92 Å². The lowest BCUT2D eigenvalue weighted by Crippen LogP contribution is -2.37. The highest BCUT2D eigenvalue weighted by atomic mass is 32.2. The third-order valence-corrected chi connectivity index (χ3v) is 8.39. The smallest absolute Gasteiger partial charge is 0.206 e. The number of hydrogen-bond acceptors (Lipinski definition) is 7. The molecule has 1 saturated heterocycles. The molecule has 1 aliphatic heterocycles. The molecule has 0 bridgehead atoms. The van der Waals surface area contributed by atoms with E-state index in [9.17, 15) is 8.42 Å². The van der Waals surface area contributed by atoms with Crippen molar-refractivity contribution in [3.8, 4) is 0 Å². The fraction of sp³-hybridized carbons (Fsp3) is 0.462. The van der Waals surface area contributed by atoms with Gasteiger partial charge in [-0.1, -0.05) is 17.4 Å². The minimum atomic E-state index is -3.34. The third kappa shape index (κ3) is 2.59. The Labute approximate surface area is 141 Å². The summed E-state index contributed by atoms with van der Waals surface area (Å²) in [5.41, 5.74) is 0. The average Bonchev–Trinajstić information content (AvgIpc) is 3.26. The lowest BCUT2D eigenvalue weighted by Gasteiger charge is -2.29. The van der Waals surface area contributed by atoms with Crippen LogP contribution >= 0.6 is 22.7 Å². The molecule has 0 atom stereocenters. The normalized spacial score (nSPS) is 18.0. The number of hydrogen-bond donors (Lipinski definition) is 0. The van der Waals surface area contributed by atoms with Gasteiger partial charge in [-0.25, -0.2) is 8.42 Å². The van der Waals surface area contributed by atoms with Crippen LogP contribution in [-0.2, 0) is 10.0 Å². The van der Waals surface area contributed by atoms with Crippen LogP contribution in [0.2, 0.25) is 0 Å². The number of aryl methyl sites for hydroxylation is 1. The maximum Gasteiger partial charge on any atom is 0.252 e. The highest BCUT2D eigenvalue weighted by Crippen LogP contribution is 2.33. The quantitative estimate of drug-likeness (QED) is 0.706. The molecule has 23 heavy (non-hydrogen) atoms. The fourth-order valence-corrected chi connectivity index (χ4v) is 6.44. The number of nitrogens with zero attached hydrogens (tertiary/aromatic N) is 5. The topological polar surface area (TPSA) is 80.5 Å². The molecule has 4 heterocycles. The van der Waals surface area contributed by atoms with E-state index in [-0.39, 0.29) is 5.92 Å². The van der Waals surface area contributed by atoms with E-state index in [1.165, 1.54) is 11.3 Å². The first-order valence-corrected chi connectivity index (χ1v) is 10.4. The molecular weight excluding hydrogens is 354 g/mol. The molecule has 0 amide bonds. The zero-order chi connectivity index (χ0) is 16.0. The van der Waals surface area contributed by atoms with Crippen molar-refractivity contribution in [3.63, 3.8) is 0 Å². The molecular formula is C13H15N5O2S3. The maximum absolute atomic E-state index is 12.5. The molecule has 0 radical (unpaired) electrons. The first kappa shape index (κ1) is 15.2. The van der Waals surface area contributed by atoms with Crippen molar-refractivity contribution >= 4 is 37.7 Å². The second-order valence-corrected chi connectivity index (χ2v) is 9.59. The van der Waals surface area contributed by atoms with Gasteiger partial charge in [0.25, 0.3) is 10.0 Å². The number of sulfonamides is 1. The number of fused-ring (bicyclic) bond motifs is 1. The highest BCUT2D eigenvalue weighted by Gasteiger charge is 2.32. The van der Waals surface area contributed by atoms with Gasteiger partial charge in [0, 0.05) is 19.0 Å². The van der Waals surface area contributed by atoms with Crippen LogP contribution in [0.1, 0.15) is 29.6 Å². The molecule has 1 aliphatic rings. The maximum atomic E-state index is 12.5. The van der Waals surface area contributed by atoms with Gasteiger partial charge in [-0.3, -0.25) is 0 Å². The molecule has 0 saturated carbocycles. The van der Waals surface area contributed by atoms with Crippen LogP contribution in [0.25, 0.3) is 4.96 Å². The first-order chi connectivity index (χ1) is 11.1. The minimum absolute atomic E-state index is 0.288. The Morgan fingerprint density at radius 2 is 2.04 bits per heavy atom. The number of aromatic nitrogens is 4. The Balaban J connectivity index is 1.50. The van der Waals surface area contributed by atoms with Gasteiger partial charge >= 0.3 is 0 Å². The van der Waals surface area contributed by atoms with E-state index in [0.29, 0.717) is 17.3 Å². The van der Waals surface area contributed by atoms with Crippen LogP contribution in [0.15, 0.2) is 21.7 Å². The van der Waals surface area contributed by atoms with Gasteiger partial charge < -0.3 is 0 Å². The summed E-state index contributed by atoms with van der Waals surface area (Å²) in [6, 6.07) is 3.43. The molecule has 0 spiro atoms. The average molecular weight is 369 g/mol. The minimum Gasteiger partial charge on any atom is -0.206 e. The van der Waals surface area contributed by atoms with Gasteiger partial charge in [-0.05, 0) is 31.2 Å². The lowest BCUT2D eigenvalue weighted by molar-refractivity contribution is 0.319. The fourth-order valence-electron chi connectivity index (χ4n) is 2.78. The molecule has 10 heteroatoms. The standard InChI is InChI=1S/C13H15N5O2S3/c1-9-14-15-13-18(9)16-12(22-13)10-4-6-17(7-5-10)23(19,20)11-3-2-8-21-11/h2-3,8,10H,4-7H2,1H3. The van der Waals surface area contributed by atoms with Crippen LogP contribution in [-0.4, -0.2) is 45.6 Å². The van der Waals surface area contributed by atoms with E-state index in [1.54, 1.807) is 37.7 Å². The van der Waals surface area contributed by atoms with E-state index in [4.69, 9.17) is 0 Å². The molecule has 3 aromatic rings. The first-order valence-electron chi connectivity index (χ1n) is 7.28. The van der Waals surface area contributed by atoms with Crippen molar-refractivity contribution in [1.29, 1.82) is 0 Å². The van der Waals surface area contributed by atoms with Crippen molar-refractivity contribution in [3.05, 3.63) is 28.3 Å². The zero-order valence-corrected chi connectivity index (χ0v) is 14.9. The second kappa shape index (κ2) is 5.62. The number of piperidine rings is 1. The van der Waals surface area contributed by atoms with Crippen molar-refractivity contribution < 1.29 is 8.42 Å². The zero-order valence-electron chi connectivity index (χ0n) is 12.4. The van der Waals surface area contributed by atoms with Gasteiger partial charge in [0.15, 0.2) is 5.82 Å². The van der Waals surface area contributed by atoms with Crippen LogP contribution in [0.4, 0.5) is 0 Å².